The molecule has 1 unspecified atom stereocenters. The summed E-state index contributed by atoms with van der Waals surface area (Å²) in [5.41, 5.74) is 6.14. The minimum Gasteiger partial charge on any atom is -0.496 e. The lowest BCUT2D eigenvalue weighted by Crippen LogP contribution is -2.23. The van der Waals surface area contributed by atoms with Gasteiger partial charge in [-0.2, -0.15) is 10.5 Å². The first-order valence-electron chi connectivity index (χ1n) is 9.73. The molecular weight excluding hydrogens is 380 g/mol. The summed E-state index contributed by atoms with van der Waals surface area (Å²) >= 11 is 1.74. The van der Waals surface area contributed by atoms with Crippen LogP contribution in [0.25, 0.3) is 5.57 Å². The molecule has 0 spiro atoms. The molecule has 0 radical (unpaired) electrons. The number of rotatable bonds is 3. The van der Waals surface area contributed by atoms with Crippen molar-refractivity contribution in [1.82, 2.24) is 10.3 Å². The van der Waals surface area contributed by atoms with Crippen molar-refractivity contribution in [2.24, 2.45) is 0 Å². The van der Waals surface area contributed by atoms with Gasteiger partial charge < -0.3 is 10.1 Å². The second kappa shape index (κ2) is 7.73. The molecule has 1 atom stereocenters. The van der Waals surface area contributed by atoms with Crippen molar-refractivity contribution >= 4 is 16.9 Å². The highest BCUT2D eigenvalue weighted by molar-refractivity contribution is 7.12. The van der Waals surface area contributed by atoms with E-state index >= 15 is 0 Å². The maximum Gasteiger partial charge on any atom is 0.124 e. The maximum atomic E-state index is 9.99. The van der Waals surface area contributed by atoms with Gasteiger partial charge >= 0.3 is 0 Å². The molecule has 29 heavy (non-hydrogen) atoms. The highest BCUT2D eigenvalue weighted by atomic mass is 32.1. The molecule has 2 heterocycles. The van der Waals surface area contributed by atoms with E-state index < -0.39 is 0 Å². The molecule has 1 N–H and O–H groups in total. The van der Waals surface area contributed by atoms with Crippen molar-refractivity contribution in [2.75, 3.05) is 7.11 Å². The van der Waals surface area contributed by atoms with Crippen molar-refractivity contribution in [3.8, 4) is 17.9 Å². The van der Waals surface area contributed by atoms with E-state index in [0.29, 0.717) is 16.9 Å². The van der Waals surface area contributed by atoms with Crippen LogP contribution in [0.2, 0.25) is 0 Å². The average molecular weight is 403 g/mol. The van der Waals surface area contributed by atoms with Crippen LogP contribution in [0.4, 0.5) is 0 Å². The van der Waals surface area contributed by atoms with Gasteiger partial charge in [-0.05, 0) is 51.7 Å². The topological polar surface area (TPSA) is 81.7 Å². The average Bonchev–Trinajstić information content (AvgIpc) is 3.16. The molecular formula is C23H22N4OS. The summed E-state index contributed by atoms with van der Waals surface area (Å²) in [6.45, 7) is 3.96. The van der Waals surface area contributed by atoms with Gasteiger partial charge in [0.05, 0.1) is 42.0 Å². The second-order valence-corrected chi connectivity index (χ2v) is 8.50. The van der Waals surface area contributed by atoms with Crippen LogP contribution in [0.15, 0.2) is 35.2 Å². The summed E-state index contributed by atoms with van der Waals surface area (Å²) in [7, 11) is 1.60. The first-order chi connectivity index (χ1) is 14.1. The number of aryl methyl sites for hydroxylation is 2. The van der Waals surface area contributed by atoms with Gasteiger partial charge in [0.25, 0.3) is 0 Å². The summed E-state index contributed by atoms with van der Waals surface area (Å²) < 4.78 is 5.63. The van der Waals surface area contributed by atoms with Crippen molar-refractivity contribution in [2.45, 2.75) is 45.4 Å². The lowest BCUT2D eigenvalue weighted by molar-refractivity contribution is 0.409. The number of ether oxygens (including phenoxy) is 1. The molecule has 1 aliphatic carbocycles. The molecule has 0 saturated heterocycles. The van der Waals surface area contributed by atoms with E-state index in [-0.39, 0.29) is 5.92 Å². The van der Waals surface area contributed by atoms with Crippen molar-refractivity contribution in [3.05, 3.63) is 61.9 Å². The minimum atomic E-state index is -0.281. The van der Waals surface area contributed by atoms with E-state index in [1.54, 1.807) is 30.6 Å². The van der Waals surface area contributed by atoms with Gasteiger partial charge in [0.1, 0.15) is 10.8 Å². The van der Waals surface area contributed by atoms with Gasteiger partial charge in [-0.15, -0.1) is 11.3 Å². The zero-order valence-electron chi connectivity index (χ0n) is 16.8. The normalized spacial score (nSPS) is 18.6. The Kier molecular flexibility index (Phi) is 5.13. The zero-order chi connectivity index (χ0) is 20.5. The second-order valence-electron chi connectivity index (χ2n) is 7.41. The molecule has 2 aromatic rings. The Labute approximate surface area is 175 Å². The van der Waals surface area contributed by atoms with Crippen molar-refractivity contribution in [1.29, 1.82) is 10.5 Å². The third-order valence-corrected chi connectivity index (χ3v) is 6.82. The number of hydrogen-bond acceptors (Lipinski definition) is 6. The van der Waals surface area contributed by atoms with Crippen LogP contribution in [0.5, 0.6) is 5.75 Å². The summed E-state index contributed by atoms with van der Waals surface area (Å²) in [6.07, 6.45) is 4.50. The Balaban J connectivity index is 1.92. The fraction of sp³-hybridized carbons (Fsp3) is 0.348. The van der Waals surface area contributed by atoms with Gasteiger partial charge in [0.2, 0.25) is 0 Å². The number of allylic oxidation sites excluding steroid dienone is 4. The van der Waals surface area contributed by atoms with Crippen LogP contribution in [0, 0.1) is 22.7 Å². The van der Waals surface area contributed by atoms with Gasteiger partial charge in [-0.25, -0.2) is 4.98 Å². The molecule has 4 rings (SSSR count). The molecule has 0 saturated carbocycles. The third kappa shape index (κ3) is 3.30. The maximum absolute atomic E-state index is 9.99. The number of benzene rings is 1. The van der Waals surface area contributed by atoms with Crippen LogP contribution in [0.3, 0.4) is 0 Å². The largest absolute Gasteiger partial charge is 0.496 e. The number of nitriles is 2. The minimum absolute atomic E-state index is 0.281. The standard InChI is InChI=1S/C23H22N4OS/c1-13-17(12-25)22(16-9-8-15(11-24)10-19(16)28-3)21(14(2)26-13)23-27-18-6-4-5-7-20(18)29-23/h8-10,22,26H,4-7H2,1-3H3. The van der Waals surface area contributed by atoms with Crippen LogP contribution in [-0.2, 0) is 12.8 Å². The Morgan fingerprint density at radius 2 is 1.93 bits per heavy atom. The van der Waals surface area contributed by atoms with Gasteiger partial charge in [-0.3, -0.25) is 0 Å². The zero-order valence-corrected chi connectivity index (χ0v) is 17.6. The predicted molar refractivity (Wildman–Crippen MR) is 113 cm³/mol. The lowest BCUT2D eigenvalue weighted by Gasteiger charge is -2.29. The summed E-state index contributed by atoms with van der Waals surface area (Å²) in [5.74, 6) is 0.333. The van der Waals surface area contributed by atoms with Crippen LogP contribution in [0.1, 0.15) is 59.3 Å². The van der Waals surface area contributed by atoms with Gasteiger partial charge in [-0.1, -0.05) is 6.07 Å². The first-order valence-corrected chi connectivity index (χ1v) is 10.5. The van der Waals surface area contributed by atoms with E-state index in [1.807, 2.05) is 19.9 Å². The lowest BCUT2D eigenvalue weighted by atomic mass is 9.80. The predicted octanol–water partition coefficient (Wildman–Crippen LogP) is 4.82. The molecule has 146 valence electrons. The number of dihydropyridines is 1. The monoisotopic (exact) mass is 402 g/mol. The Morgan fingerprint density at radius 1 is 1.14 bits per heavy atom. The van der Waals surface area contributed by atoms with E-state index in [0.717, 1.165) is 40.4 Å². The fourth-order valence-electron chi connectivity index (χ4n) is 4.22. The number of fused-ring (bicyclic) bond motifs is 1. The molecule has 0 amide bonds. The summed E-state index contributed by atoms with van der Waals surface area (Å²) in [4.78, 5) is 6.34. The third-order valence-electron chi connectivity index (χ3n) is 5.63. The number of nitrogens with zero attached hydrogens (tertiary/aromatic N) is 3. The van der Waals surface area contributed by atoms with Crippen LogP contribution in [-0.4, -0.2) is 12.1 Å². The van der Waals surface area contributed by atoms with Crippen molar-refractivity contribution in [3.63, 3.8) is 0 Å². The van der Waals surface area contributed by atoms with Crippen molar-refractivity contribution < 1.29 is 4.74 Å². The van der Waals surface area contributed by atoms with Gasteiger partial charge in [0, 0.05) is 27.4 Å². The smallest absolute Gasteiger partial charge is 0.124 e. The molecule has 1 aromatic heterocycles. The number of nitrogens with one attached hydrogen (secondary N) is 1. The van der Waals surface area contributed by atoms with E-state index in [9.17, 15) is 10.5 Å². The summed E-state index contributed by atoms with van der Waals surface area (Å²) in [6, 6.07) is 9.98. The Hall–Kier alpha value is -3.09. The number of hydrogen-bond donors (Lipinski definition) is 1. The SMILES string of the molecule is COc1cc(C#N)ccc1C1C(C#N)=C(C)NC(C)=C1c1nc2c(s1)CCCC2. The first kappa shape index (κ1) is 19.2. The van der Waals surface area contributed by atoms with Crippen LogP contribution < -0.4 is 10.1 Å². The van der Waals surface area contributed by atoms with E-state index in [1.165, 1.54) is 23.4 Å². The number of aromatic nitrogens is 1. The van der Waals surface area contributed by atoms with E-state index in [4.69, 9.17) is 9.72 Å². The quantitative estimate of drug-likeness (QED) is 0.796. The summed E-state index contributed by atoms with van der Waals surface area (Å²) in [5, 5.41) is 23.6. The molecule has 5 nitrogen and oxygen atoms in total. The number of methoxy groups -OCH3 is 1. The number of thiazole rings is 1. The molecule has 1 aliphatic heterocycles. The molecule has 6 heteroatoms. The Morgan fingerprint density at radius 3 is 2.62 bits per heavy atom. The molecule has 2 aliphatic rings. The fourth-order valence-corrected chi connectivity index (χ4v) is 5.50. The van der Waals surface area contributed by atoms with E-state index in [2.05, 4.69) is 17.5 Å². The molecule has 0 fully saturated rings. The molecule has 1 aromatic carbocycles. The molecule has 0 bridgehead atoms. The van der Waals surface area contributed by atoms with Gasteiger partial charge in [0.15, 0.2) is 0 Å². The highest BCUT2D eigenvalue weighted by Gasteiger charge is 2.34. The Bertz CT molecular complexity index is 1100. The highest BCUT2D eigenvalue weighted by Crippen LogP contribution is 2.47. The van der Waals surface area contributed by atoms with Crippen LogP contribution >= 0.6 is 11.3 Å².